The Kier molecular flexibility index (Phi) is 3.93. The van der Waals surface area contributed by atoms with Crippen molar-refractivity contribution in [1.29, 1.82) is 0 Å². The first-order chi connectivity index (χ1) is 8.97. The van der Waals surface area contributed by atoms with E-state index in [0.29, 0.717) is 27.2 Å². The standard InChI is InChI=1S/C13H10Cl2N2O2/c1-7-5-8(13(18)19)6-11(16-7)17-12-9(14)3-2-4-10(12)15/h2-6H,1H3,(H,16,17)(H,18,19). The van der Waals surface area contributed by atoms with Gasteiger partial charge in [0.05, 0.1) is 21.3 Å². The molecule has 4 nitrogen and oxygen atoms in total. The molecule has 0 aliphatic heterocycles. The minimum Gasteiger partial charge on any atom is -0.478 e. The highest BCUT2D eigenvalue weighted by Crippen LogP contribution is 2.32. The molecule has 0 spiro atoms. The highest BCUT2D eigenvalue weighted by Gasteiger charge is 2.10. The second-order valence-corrected chi connectivity index (χ2v) is 4.72. The number of carboxylic acids is 1. The van der Waals surface area contributed by atoms with Crippen LogP contribution in [-0.4, -0.2) is 16.1 Å². The number of anilines is 2. The first kappa shape index (κ1) is 13.6. The molecule has 0 saturated heterocycles. The van der Waals surface area contributed by atoms with Gasteiger partial charge in [0.25, 0.3) is 0 Å². The van der Waals surface area contributed by atoms with E-state index in [1.165, 1.54) is 12.1 Å². The topological polar surface area (TPSA) is 62.2 Å². The minimum absolute atomic E-state index is 0.151. The van der Waals surface area contributed by atoms with Crippen LogP contribution in [0.2, 0.25) is 10.0 Å². The van der Waals surface area contributed by atoms with Gasteiger partial charge in [0.1, 0.15) is 5.82 Å². The zero-order chi connectivity index (χ0) is 14.0. The molecule has 98 valence electrons. The highest BCUT2D eigenvalue weighted by atomic mass is 35.5. The second kappa shape index (κ2) is 5.47. The Labute approximate surface area is 120 Å². The number of benzene rings is 1. The van der Waals surface area contributed by atoms with Crippen molar-refractivity contribution in [2.24, 2.45) is 0 Å². The molecule has 0 saturated carbocycles. The summed E-state index contributed by atoms with van der Waals surface area (Å²) >= 11 is 12.1. The van der Waals surface area contributed by atoms with Gasteiger partial charge in [0.2, 0.25) is 0 Å². The minimum atomic E-state index is -1.01. The van der Waals surface area contributed by atoms with Gasteiger partial charge >= 0.3 is 5.97 Å². The van der Waals surface area contributed by atoms with Crippen molar-refractivity contribution in [3.63, 3.8) is 0 Å². The molecule has 0 atom stereocenters. The van der Waals surface area contributed by atoms with E-state index in [1.807, 2.05) is 0 Å². The fourth-order valence-electron chi connectivity index (χ4n) is 1.60. The van der Waals surface area contributed by atoms with Crippen LogP contribution in [-0.2, 0) is 0 Å². The summed E-state index contributed by atoms with van der Waals surface area (Å²) in [7, 11) is 0. The van der Waals surface area contributed by atoms with Crippen molar-refractivity contribution in [2.45, 2.75) is 6.92 Å². The van der Waals surface area contributed by atoms with Crippen molar-refractivity contribution >= 4 is 40.7 Å². The van der Waals surface area contributed by atoms with E-state index < -0.39 is 5.97 Å². The fourth-order valence-corrected chi connectivity index (χ4v) is 2.09. The van der Waals surface area contributed by atoms with Crippen LogP contribution in [0.4, 0.5) is 11.5 Å². The lowest BCUT2D eigenvalue weighted by atomic mass is 10.2. The lowest BCUT2D eigenvalue weighted by molar-refractivity contribution is 0.0696. The molecule has 0 aliphatic carbocycles. The summed E-state index contributed by atoms with van der Waals surface area (Å²) in [5.74, 6) is -0.633. The molecule has 2 aromatic rings. The zero-order valence-electron chi connectivity index (χ0n) is 9.95. The lowest BCUT2D eigenvalue weighted by Gasteiger charge is -2.10. The van der Waals surface area contributed by atoms with Crippen molar-refractivity contribution in [1.82, 2.24) is 4.98 Å². The third-order valence-electron chi connectivity index (χ3n) is 2.42. The molecule has 0 fully saturated rings. The lowest BCUT2D eigenvalue weighted by Crippen LogP contribution is -2.02. The van der Waals surface area contributed by atoms with Crippen LogP contribution >= 0.6 is 23.2 Å². The number of aryl methyl sites for hydroxylation is 1. The molecule has 0 bridgehead atoms. The summed E-state index contributed by atoms with van der Waals surface area (Å²) in [6.07, 6.45) is 0. The number of para-hydroxylation sites is 1. The molecule has 0 amide bonds. The van der Waals surface area contributed by atoms with Gasteiger partial charge in [-0.25, -0.2) is 9.78 Å². The number of carbonyl (C=O) groups is 1. The summed E-state index contributed by atoms with van der Waals surface area (Å²) in [6, 6.07) is 8.01. The molecule has 0 unspecified atom stereocenters. The number of halogens is 2. The number of carboxylic acid groups (broad SMARTS) is 1. The summed E-state index contributed by atoms with van der Waals surface area (Å²) in [5, 5.41) is 12.8. The number of aromatic nitrogens is 1. The largest absolute Gasteiger partial charge is 0.478 e. The van der Waals surface area contributed by atoms with Gasteiger partial charge in [-0.05, 0) is 31.2 Å². The number of aromatic carboxylic acids is 1. The summed E-state index contributed by atoms with van der Waals surface area (Å²) in [5.41, 5.74) is 1.24. The SMILES string of the molecule is Cc1cc(C(=O)O)cc(Nc2c(Cl)cccc2Cl)n1. The number of rotatable bonds is 3. The first-order valence-corrected chi connectivity index (χ1v) is 6.16. The maximum absolute atomic E-state index is 11.0. The zero-order valence-corrected chi connectivity index (χ0v) is 11.5. The van der Waals surface area contributed by atoms with E-state index in [-0.39, 0.29) is 5.56 Å². The Morgan fingerprint density at radius 2 is 1.89 bits per heavy atom. The van der Waals surface area contributed by atoms with Crippen LogP contribution in [0.15, 0.2) is 30.3 Å². The molecular formula is C13H10Cl2N2O2. The van der Waals surface area contributed by atoms with Crippen LogP contribution in [0.5, 0.6) is 0 Å². The smallest absolute Gasteiger partial charge is 0.335 e. The fraction of sp³-hybridized carbons (Fsp3) is 0.0769. The van der Waals surface area contributed by atoms with E-state index in [1.54, 1.807) is 25.1 Å². The quantitative estimate of drug-likeness (QED) is 0.893. The van der Waals surface area contributed by atoms with Crippen LogP contribution in [0.25, 0.3) is 0 Å². The Bertz CT molecular complexity index is 624. The number of hydrogen-bond donors (Lipinski definition) is 2. The van der Waals surface area contributed by atoms with Gasteiger partial charge in [-0.1, -0.05) is 29.3 Å². The molecule has 19 heavy (non-hydrogen) atoms. The van der Waals surface area contributed by atoms with Crippen LogP contribution in [0, 0.1) is 6.92 Å². The van der Waals surface area contributed by atoms with E-state index in [9.17, 15) is 4.79 Å². The molecule has 0 radical (unpaired) electrons. The third kappa shape index (κ3) is 3.16. The maximum atomic E-state index is 11.0. The van der Waals surface area contributed by atoms with Gasteiger partial charge in [0.15, 0.2) is 0 Å². The van der Waals surface area contributed by atoms with Crippen LogP contribution in [0.3, 0.4) is 0 Å². The molecule has 1 aromatic carbocycles. The van der Waals surface area contributed by atoms with Gasteiger partial charge in [-0.3, -0.25) is 0 Å². The molecular weight excluding hydrogens is 287 g/mol. The molecule has 1 heterocycles. The summed E-state index contributed by atoms with van der Waals surface area (Å²) < 4.78 is 0. The van der Waals surface area contributed by atoms with E-state index >= 15 is 0 Å². The van der Waals surface area contributed by atoms with Crippen molar-refractivity contribution in [2.75, 3.05) is 5.32 Å². The van der Waals surface area contributed by atoms with Crippen LogP contribution < -0.4 is 5.32 Å². The van der Waals surface area contributed by atoms with Gasteiger partial charge < -0.3 is 10.4 Å². The Morgan fingerprint density at radius 3 is 2.47 bits per heavy atom. The Morgan fingerprint density at radius 1 is 1.26 bits per heavy atom. The molecule has 1 aromatic heterocycles. The predicted molar refractivity (Wildman–Crippen MR) is 75.7 cm³/mol. The number of hydrogen-bond acceptors (Lipinski definition) is 3. The summed E-state index contributed by atoms with van der Waals surface area (Å²) in [4.78, 5) is 15.2. The van der Waals surface area contributed by atoms with Gasteiger partial charge in [-0.2, -0.15) is 0 Å². The number of nitrogens with one attached hydrogen (secondary N) is 1. The van der Waals surface area contributed by atoms with Crippen LogP contribution in [0.1, 0.15) is 16.1 Å². The van der Waals surface area contributed by atoms with E-state index in [4.69, 9.17) is 28.3 Å². The van der Waals surface area contributed by atoms with E-state index in [2.05, 4.69) is 10.3 Å². The maximum Gasteiger partial charge on any atom is 0.335 e. The van der Waals surface area contributed by atoms with Crippen molar-refractivity contribution in [3.8, 4) is 0 Å². The molecule has 6 heteroatoms. The Balaban J connectivity index is 2.41. The average Bonchev–Trinajstić information content (AvgIpc) is 2.33. The first-order valence-electron chi connectivity index (χ1n) is 5.40. The Hall–Kier alpha value is -1.78. The monoisotopic (exact) mass is 296 g/mol. The molecule has 0 aliphatic rings. The predicted octanol–water partition coefficient (Wildman–Crippen LogP) is 4.14. The molecule has 2 rings (SSSR count). The normalized spacial score (nSPS) is 10.3. The number of pyridine rings is 1. The van der Waals surface area contributed by atoms with E-state index in [0.717, 1.165) is 0 Å². The summed E-state index contributed by atoms with van der Waals surface area (Å²) in [6.45, 7) is 1.71. The molecule has 2 N–H and O–H groups in total. The third-order valence-corrected chi connectivity index (χ3v) is 3.05. The van der Waals surface area contributed by atoms with Crippen molar-refractivity contribution in [3.05, 3.63) is 51.6 Å². The van der Waals surface area contributed by atoms with Gasteiger partial charge in [0, 0.05) is 5.69 Å². The van der Waals surface area contributed by atoms with Gasteiger partial charge in [-0.15, -0.1) is 0 Å². The average molecular weight is 297 g/mol. The highest BCUT2D eigenvalue weighted by molar-refractivity contribution is 6.39. The number of nitrogens with zero attached hydrogens (tertiary/aromatic N) is 1. The van der Waals surface area contributed by atoms with Crippen molar-refractivity contribution < 1.29 is 9.90 Å². The second-order valence-electron chi connectivity index (χ2n) is 3.91.